The molecule has 7 heteroatoms. The Hall–Kier alpha value is -2.59. The van der Waals surface area contributed by atoms with Gasteiger partial charge in [-0.3, -0.25) is 9.00 Å². The van der Waals surface area contributed by atoms with E-state index in [-0.39, 0.29) is 23.0 Å². The van der Waals surface area contributed by atoms with Crippen molar-refractivity contribution < 1.29 is 18.2 Å². The summed E-state index contributed by atoms with van der Waals surface area (Å²) in [6, 6.07) is 12.2. The number of benzene rings is 1. The molecule has 3 rings (SSSR count). The van der Waals surface area contributed by atoms with Crippen LogP contribution in [0.2, 0.25) is 0 Å². The molecule has 1 heterocycles. The van der Waals surface area contributed by atoms with Crippen LogP contribution in [0.4, 0.5) is 0 Å². The third kappa shape index (κ3) is 3.81. The Balaban J connectivity index is 1.56. The molecule has 1 aliphatic carbocycles. The lowest BCUT2D eigenvalue weighted by atomic mass is 9.84. The number of hydrogen-bond acceptors (Lipinski definition) is 5. The van der Waals surface area contributed by atoms with Crippen molar-refractivity contribution in [3.63, 3.8) is 0 Å². The van der Waals surface area contributed by atoms with Crippen molar-refractivity contribution in [1.29, 1.82) is 5.26 Å². The molecular formula is C19H20N2O4S. The second-order valence-corrected chi connectivity index (χ2v) is 8.11. The van der Waals surface area contributed by atoms with E-state index in [0.29, 0.717) is 23.6 Å². The second-order valence-electron chi connectivity index (χ2n) is 6.34. The Labute approximate surface area is 154 Å². The molecule has 0 spiro atoms. The van der Waals surface area contributed by atoms with Gasteiger partial charge in [0, 0.05) is 23.6 Å². The average molecular weight is 372 g/mol. The predicted octanol–water partition coefficient (Wildman–Crippen LogP) is 2.76. The second kappa shape index (κ2) is 7.75. The monoisotopic (exact) mass is 372 g/mol. The van der Waals surface area contributed by atoms with Gasteiger partial charge in [-0.15, -0.1) is 0 Å². The fraction of sp³-hybridized carbons (Fsp3) is 0.368. The number of furan rings is 1. The summed E-state index contributed by atoms with van der Waals surface area (Å²) in [6.07, 6.45) is 4.46. The maximum absolute atomic E-state index is 12.3. The molecule has 1 amide bonds. The van der Waals surface area contributed by atoms with Gasteiger partial charge in [-0.25, -0.2) is 0 Å². The van der Waals surface area contributed by atoms with Gasteiger partial charge in [-0.2, -0.15) is 5.26 Å². The first-order valence-corrected chi connectivity index (χ1v) is 9.92. The van der Waals surface area contributed by atoms with Crippen molar-refractivity contribution in [3.8, 4) is 11.8 Å². The van der Waals surface area contributed by atoms with Crippen LogP contribution in [-0.4, -0.2) is 27.7 Å². The van der Waals surface area contributed by atoms with Crippen LogP contribution < -0.4 is 10.1 Å². The van der Waals surface area contributed by atoms with Gasteiger partial charge in [0.1, 0.15) is 24.2 Å². The molecule has 0 bridgehead atoms. The molecule has 0 radical (unpaired) electrons. The Bertz CT molecular complexity index is 864. The number of ether oxygens (including phenoxy) is 1. The highest BCUT2D eigenvalue weighted by Crippen LogP contribution is 2.36. The molecule has 26 heavy (non-hydrogen) atoms. The highest BCUT2D eigenvalue weighted by Gasteiger charge is 2.41. The third-order valence-electron chi connectivity index (χ3n) is 4.71. The lowest BCUT2D eigenvalue weighted by Crippen LogP contribution is -2.50. The molecule has 1 aliphatic rings. The minimum Gasteiger partial charge on any atom is -0.484 e. The van der Waals surface area contributed by atoms with E-state index < -0.39 is 10.8 Å². The van der Waals surface area contributed by atoms with Gasteiger partial charge < -0.3 is 14.5 Å². The normalized spacial score (nSPS) is 16.2. The fourth-order valence-electron chi connectivity index (χ4n) is 2.88. The number of amides is 1. The number of hydrogen-bond donors (Lipinski definition) is 1. The summed E-state index contributed by atoms with van der Waals surface area (Å²) in [4.78, 5) is 12.3. The van der Waals surface area contributed by atoms with Crippen LogP contribution in [0.3, 0.4) is 0 Å². The third-order valence-corrected chi connectivity index (χ3v) is 6.48. The maximum Gasteiger partial charge on any atom is 0.287 e. The quantitative estimate of drug-likeness (QED) is 0.807. The van der Waals surface area contributed by atoms with Crippen molar-refractivity contribution in [3.05, 3.63) is 53.5 Å². The van der Waals surface area contributed by atoms with E-state index in [1.165, 1.54) is 0 Å². The van der Waals surface area contributed by atoms with Gasteiger partial charge in [0.2, 0.25) is 0 Å². The van der Waals surface area contributed by atoms with Gasteiger partial charge >= 0.3 is 0 Å². The summed E-state index contributed by atoms with van der Waals surface area (Å²) in [7, 11) is -0.969. The van der Waals surface area contributed by atoms with Crippen LogP contribution in [0.5, 0.6) is 5.75 Å². The Kier molecular flexibility index (Phi) is 5.43. The summed E-state index contributed by atoms with van der Waals surface area (Å²) >= 11 is 0. The van der Waals surface area contributed by atoms with Gasteiger partial charge in [0.15, 0.2) is 5.76 Å². The van der Waals surface area contributed by atoms with Crippen molar-refractivity contribution >= 4 is 16.7 Å². The van der Waals surface area contributed by atoms with Gasteiger partial charge in [-0.1, -0.05) is 18.6 Å². The van der Waals surface area contributed by atoms with Crippen LogP contribution in [0.1, 0.15) is 41.1 Å². The molecule has 2 aromatic rings. The summed E-state index contributed by atoms with van der Waals surface area (Å²) in [6.45, 7) is 0.506. The average Bonchev–Trinajstić information content (AvgIpc) is 3.08. The van der Waals surface area contributed by atoms with E-state index in [1.807, 2.05) is 0 Å². The molecule has 1 N–H and O–H groups in total. The Morgan fingerprint density at radius 2 is 2.12 bits per heavy atom. The van der Waals surface area contributed by atoms with Gasteiger partial charge in [0.05, 0.1) is 10.3 Å². The summed E-state index contributed by atoms with van der Waals surface area (Å²) in [5, 5.41) is 11.9. The number of carbonyl (C=O) groups excluding carboxylic acids is 1. The molecule has 1 saturated carbocycles. The number of nitriles is 1. The van der Waals surface area contributed by atoms with Gasteiger partial charge in [0.25, 0.3) is 5.91 Å². The highest BCUT2D eigenvalue weighted by atomic mass is 32.2. The zero-order chi connectivity index (χ0) is 18.6. The van der Waals surface area contributed by atoms with Crippen molar-refractivity contribution in [2.45, 2.75) is 30.6 Å². The van der Waals surface area contributed by atoms with E-state index in [2.05, 4.69) is 11.4 Å². The standard InChI is InChI=1S/C19H20N2O4S/c1-26(23)19(9-4-10-19)13-21-18(22)17-8-7-15(25-17)12-24-16-6-3-2-5-14(16)11-20/h2-3,5-8H,4,9-10,12-13H2,1H3,(H,21,22)/t26-/m0/s1. The van der Waals surface area contributed by atoms with Crippen molar-refractivity contribution in [1.82, 2.24) is 5.32 Å². The minimum absolute atomic E-state index is 0.120. The van der Waals surface area contributed by atoms with Crippen LogP contribution in [0, 0.1) is 11.3 Å². The lowest BCUT2D eigenvalue weighted by molar-refractivity contribution is 0.0911. The van der Waals surface area contributed by atoms with Crippen LogP contribution >= 0.6 is 0 Å². The summed E-state index contributed by atoms with van der Waals surface area (Å²) in [5.41, 5.74) is 0.440. The molecule has 6 nitrogen and oxygen atoms in total. The summed E-state index contributed by atoms with van der Waals surface area (Å²) < 4.78 is 22.7. The molecule has 1 atom stereocenters. The molecule has 0 unspecified atom stereocenters. The van der Waals surface area contributed by atoms with Crippen LogP contribution in [0.25, 0.3) is 0 Å². The number of para-hydroxylation sites is 1. The highest BCUT2D eigenvalue weighted by molar-refractivity contribution is 7.85. The first-order chi connectivity index (χ1) is 12.5. The fourth-order valence-corrected chi connectivity index (χ4v) is 4.02. The lowest BCUT2D eigenvalue weighted by Gasteiger charge is -2.39. The molecule has 1 aromatic carbocycles. The van der Waals surface area contributed by atoms with Crippen molar-refractivity contribution in [2.75, 3.05) is 12.8 Å². The zero-order valence-corrected chi connectivity index (χ0v) is 15.3. The number of nitrogens with zero attached hydrogens (tertiary/aromatic N) is 1. The predicted molar refractivity (Wildman–Crippen MR) is 97.2 cm³/mol. The number of rotatable bonds is 7. The largest absolute Gasteiger partial charge is 0.484 e. The van der Waals surface area contributed by atoms with E-state index in [9.17, 15) is 9.00 Å². The molecule has 0 saturated heterocycles. The number of carbonyl (C=O) groups is 1. The topological polar surface area (TPSA) is 92.3 Å². The molecule has 0 aliphatic heterocycles. The minimum atomic E-state index is -0.969. The molecule has 1 aromatic heterocycles. The zero-order valence-electron chi connectivity index (χ0n) is 14.5. The smallest absolute Gasteiger partial charge is 0.287 e. The number of nitrogens with one attached hydrogen (secondary N) is 1. The SMILES string of the molecule is C[S@](=O)C1(CNC(=O)c2ccc(COc3ccccc3C#N)o2)CCC1. The van der Waals surface area contributed by atoms with E-state index in [1.54, 1.807) is 42.7 Å². The Morgan fingerprint density at radius 3 is 2.77 bits per heavy atom. The van der Waals surface area contributed by atoms with Crippen LogP contribution in [-0.2, 0) is 17.4 Å². The Morgan fingerprint density at radius 1 is 1.35 bits per heavy atom. The van der Waals surface area contributed by atoms with E-state index >= 15 is 0 Å². The van der Waals surface area contributed by atoms with Gasteiger partial charge in [-0.05, 0) is 37.1 Å². The maximum atomic E-state index is 12.3. The molecule has 136 valence electrons. The first-order valence-electron chi connectivity index (χ1n) is 8.36. The van der Waals surface area contributed by atoms with E-state index in [4.69, 9.17) is 14.4 Å². The molecule has 1 fully saturated rings. The first kappa shape index (κ1) is 18.2. The van der Waals surface area contributed by atoms with Crippen molar-refractivity contribution in [2.24, 2.45) is 0 Å². The van der Waals surface area contributed by atoms with E-state index in [0.717, 1.165) is 19.3 Å². The molecular weight excluding hydrogens is 352 g/mol. The summed E-state index contributed by atoms with van der Waals surface area (Å²) in [5.74, 6) is 0.814. The van der Waals surface area contributed by atoms with Crippen LogP contribution in [0.15, 0.2) is 40.8 Å².